The zero-order valence-corrected chi connectivity index (χ0v) is 21.5. The van der Waals surface area contributed by atoms with Gasteiger partial charge >= 0.3 is 12.1 Å². The van der Waals surface area contributed by atoms with Gasteiger partial charge in [-0.25, -0.2) is 4.79 Å². The Morgan fingerprint density at radius 2 is 1.38 bits per heavy atom. The number of hydrogen-bond donors (Lipinski definition) is 2. The maximum atomic E-state index is 13.1. The van der Waals surface area contributed by atoms with Gasteiger partial charge in [0.15, 0.2) is 0 Å². The van der Waals surface area contributed by atoms with Gasteiger partial charge in [-0.2, -0.15) is 0 Å². The van der Waals surface area contributed by atoms with Crippen molar-refractivity contribution in [2.24, 2.45) is 0 Å². The van der Waals surface area contributed by atoms with Gasteiger partial charge in [0, 0.05) is 5.69 Å². The zero-order valence-electron chi connectivity index (χ0n) is 21.5. The summed E-state index contributed by atoms with van der Waals surface area (Å²) in [6, 6.07) is 25.4. The zero-order chi connectivity index (χ0) is 26.7. The number of anilines is 1. The van der Waals surface area contributed by atoms with Crippen LogP contribution in [0.25, 0.3) is 0 Å². The Labute approximate surface area is 218 Å². The van der Waals surface area contributed by atoms with E-state index in [2.05, 4.69) is 10.6 Å². The lowest BCUT2D eigenvalue weighted by atomic mass is 10.0. The van der Waals surface area contributed by atoms with Crippen molar-refractivity contribution in [3.63, 3.8) is 0 Å². The summed E-state index contributed by atoms with van der Waals surface area (Å²) in [4.78, 5) is 37.6. The number of rotatable bonds is 10. The molecule has 0 heterocycles. The number of ether oxygens (including phenoxy) is 2. The van der Waals surface area contributed by atoms with Crippen molar-refractivity contribution < 1.29 is 23.9 Å². The monoisotopic (exact) mass is 502 g/mol. The molecule has 3 aromatic rings. The molecule has 0 aliphatic heterocycles. The van der Waals surface area contributed by atoms with E-state index in [-0.39, 0.29) is 24.9 Å². The molecule has 7 heteroatoms. The molecular formula is C30H34N2O5. The molecule has 0 fully saturated rings. The molecule has 2 amide bonds. The number of carbonyl (C=O) groups excluding carboxylic acids is 3. The normalized spacial score (nSPS) is 11.8. The van der Waals surface area contributed by atoms with Crippen LogP contribution in [0.3, 0.4) is 0 Å². The minimum Gasteiger partial charge on any atom is -0.461 e. The third-order valence-corrected chi connectivity index (χ3v) is 5.38. The smallest absolute Gasteiger partial charge is 0.408 e. The predicted molar refractivity (Wildman–Crippen MR) is 143 cm³/mol. The van der Waals surface area contributed by atoms with Gasteiger partial charge in [-0.05, 0) is 62.4 Å². The highest BCUT2D eigenvalue weighted by atomic mass is 16.6. The van der Waals surface area contributed by atoms with E-state index in [1.165, 1.54) is 0 Å². The van der Waals surface area contributed by atoms with Gasteiger partial charge < -0.3 is 20.1 Å². The maximum Gasteiger partial charge on any atom is 0.408 e. The van der Waals surface area contributed by atoms with E-state index in [9.17, 15) is 14.4 Å². The Hall–Kier alpha value is -4.13. The van der Waals surface area contributed by atoms with Gasteiger partial charge in [-0.3, -0.25) is 9.59 Å². The molecule has 0 saturated heterocycles. The van der Waals surface area contributed by atoms with Crippen molar-refractivity contribution in [1.82, 2.24) is 5.32 Å². The molecule has 37 heavy (non-hydrogen) atoms. The van der Waals surface area contributed by atoms with E-state index < -0.39 is 17.7 Å². The van der Waals surface area contributed by atoms with Crippen molar-refractivity contribution in [2.45, 2.75) is 58.3 Å². The van der Waals surface area contributed by atoms with E-state index in [4.69, 9.17) is 9.47 Å². The third-order valence-electron chi connectivity index (χ3n) is 5.38. The summed E-state index contributed by atoms with van der Waals surface area (Å²) in [6.07, 6.45) is 0.491. The fourth-order valence-corrected chi connectivity index (χ4v) is 3.57. The summed E-state index contributed by atoms with van der Waals surface area (Å²) in [5.41, 5.74) is 2.64. The summed E-state index contributed by atoms with van der Waals surface area (Å²) in [5.74, 6) is -0.681. The first-order valence-corrected chi connectivity index (χ1v) is 12.3. The lowest BCUT2D eigenvalue weighted by molar-refractivity contribution is -0.144. The molecule has 0 aliphatic carbocycles. The molecule has 0 unspecified atom stereocenters. The second-order valence-corrected chi connectivity index (χ2v) is 9.73. The average Bonchev–Trinajstić information content (AvgIpc) is 2.86. The van der Waals surface area contributed by atoms with Crippen molar-refractivity contribution in [1.29, 1.82) is 0 Å². The van der Waals surface area contributed by atoms with Crippen LogP contribution in [0.5, 0.6) is 0 Å². The summed E-state index contributed by atoms with van der Waals surface area (Å²) < 4.78 is 10.7. The van der Waals surface area contributed by atoms with Crippen LogP contribution >= 0.6 is 0 Å². The van der Waals surface area contributed by atoms with Crippen molar-refractivity contribution in [3.05, 3.63) is 102 Å². The second-order valence-electron chi connectivity index (χ2n) is 9.73. The van der Waals surface area contributed by atoms with Crippen LogP contribution in [0.15, 0.2) is 84.9 Å². The summed E-state index contributed by atoms with van der Waals surface area (Å²) >= 11 is 0. The lowest BCUT2D eigenvalue weighted by Crippen LogP contribution is -2.46. The number of amides is 2. The number of carbonyl (C=O) groups is 3. The van der Waals surface area contributed by atoms with Gasteiger partial charge in [0.2, 0.25) is 5.91 Å². The Bertz CT molecular complexity index is 1160. The lowest BCUT2D eigenvalue weighted by Gasteiger charge is -2.23. The number of esters is 1. The molecule has 0 aromatic heterocycles. The Morgan fingerprint density at radius 3 is 1.97 bits per heavy atom. The largest absolute Gasteiger partial charge is 0.461 e. The first kappa shape index (κ1) is 27.5. The highest BCUT2D eigenvalue weighted by Crippen LogP contribution is 2.14. The van der Waals surface area contributed by atoms with Gasteiger partial charge in [0.25, 0.3) is 0 Å². The molecule has 7 nitrogen and oxygen atoms in total. The minimum atomic E-state index is -0.789. The van der Waals surface area contributed by atoms with Crippen molar-refractivity contribution >= 4 is 23.7 Å². The van der Waals surface area contributed by atoms with E-state index in [1.54, 1.807) is 45.0 Å². The molecule has 3 rings (SSSR count). The number of benzene rings is 3. The van der Waals surface area contributed by atoms with Crippen LogP contribution in [0.2, 0.25) is 0 Å². The maximum absolute atomic E-state index is 13.1. The van der Waals surface area contributed by atoms with Crippen LogP contribution in [0, 0.1) is 0 Å². The number of hydrogen-bond acceptors (Lipinski definition) is 5. The molecule has 0 aliphatic rings. The summed E-state index contributed by atoms with van der Waals surface area (Å²) in [6.45, 7) is 5.53. The Balaban J connectivity index is 1.56. The van der Waals surface area contributed by atoms with Crippen LogP contribution in [-0.2, 0) is 38.5 Å². The van der Waals surface area contributed by atoms with Crippen molar-refractivity contribution in [3.8, 4) is 0 Å². The summed E-state index contributed by atoms with van der Waals surface area (Å²) in [7, 11) is 0. The molecule has 3 aromatic carbocycles. The van der Waals surface area contributed by atoms with Gasteiger partial charge in [-0.1, -0.05) is 72.8 Å². The van der Waals surface area contributed by atoms with Crippen molar-refractivity contribution in [2.75, 3.05) is 5.32 Å². The van der Waals surface area contributed by atoms with Crippen LogP contribution in [0.4, 0.5) is 10.5 Å². The third kappa shape index (κ3) is 10.2. The first-order chi connectivity index (χ1) is 17.7. The first-order valence-electron chi connectivity index (χ1n) is 12.3. The second kappa shape index (κ2) is 13.3. The molecule has 0 saturated carbocycles. The number of nitrogens with one attached hydrogen (secondary N) is 2. The van der Waals surface area contributed by atoms with Gasteiger partial charge in [-0.15, -0.1) is 0 Å². The number of alkyl carbamates (subject to hydrolysis) is 1. The SMILES string of the molecule is CC(C)(C)OC(=O)N[C@@H](CCc1ccccc1)C(=O)Nc1ccc(CC(=O)OCc2ccccc2)cc1. The molecule has 0 bridgehead atoms. The highest BCUT2D eigenvalue weighted by molar-refractivity contribution is 5.96. The van der Waals surface area contributed by atoms with Crippen LogP contribution < -0.4 is 10.6 Å². The fourth-order valence-electron chi connectivity index (χ4n) is 3.57. The van der Waals surface area contributed by atoms with Crippen LogP contribution in [0.1, 0.15) is 43.9 Å². The van der Waals surface area contributed by atoms with E-state index in [0.717, 1.165) is 16.7 Å². The Morgan fingerprint density at radius 1 is 0.784 bits per heavy atom. The number of aryl methyl sites for hydroxylation is 1. The highest BCUT2D eigenvalue weighted by Gasteiger charge is 2.24. The van der Waals surface area contributed by atoms with E-state index >= 15 is 0 Å². The van der Waals surface area contributed by atoms with E-state index in [0.29, 0.717) is 18.5 Å². The standard InChI is InChI=1S/C30H34N2O5/c1-30(2,3)37-29(35)32-26(19-16-22-10-6-4-7-11-22)28(34)31-25-17-14-23(15-18-25)20-27(33)36-21-24-12-8-5-9-13-24/h4-15,17-18,26H,16,19-21H2,1-3H3,(H,31,34)(H,32,35)/t26-/m0/s1. The van der Waals surface area contributed by atoms with Crippen LogP contribution in [-0.4, -0.2) is 29.6 Å². The molecule has 0 radical (unpaired) electrons. The minimum absolute atomic E-state index is 0.126. The fraction of sp³-hybridized carbons (Fsp3) is 0.300. The predicted octanol–water partition coefficient (Wildman–Crippen LogP) is 5.44. The molecule has 1 atom stereocenters. The molecule has 2 N–H and O–H groups in total. The molecule has 194 valence electrons. The van der Waals surface area contributed by atoms with E-state index in [1.807, 2.05) is 60.7 Å². The van der Waals surface area contributed by atoms with Gasteiger partial charge in [0.1, 0.15) is 18.2 Å². The average molecular weight is 503 g/mol. The Kier molecular flexibility index (Phi) is 9.84. The van der Waals surface area contributed by atoms with Gasteiger partial charge in [0.05, 0.1) is 6.42 Å². The topological polar surface area (TPSA) is 93.7 Å². The molecular weight excluding hydrogens is 468 g/mol. The molecule has 0 spiro atoms. The quantitative estimate of drug-likeness (QED) is 0.360. The summed E-state index contributed by atoms with van der Waals surface area (Å²) in [5, 5.41) is 5.54.